The molecule has 73 valence electrons. The fraction of sp³-hybridized carbons (Fsp3) is 0.909. The Bertz CT molecular complexity index is 61.4. The van der Waals surface area contributed by atoms with Gasteiger partial charge in [-0.2, -0.15) is 12.6 Å². The smallest absolute Gasteiger partial charge is 0.00979 e. The van der Waals surface area contributed by atoms with Crippen molar-refractivity contribution >= 4 is 12.6 Å². The van der Waals surface area contributed by atoms with Gasteiger partial charge in [-0.3, -0.25) is 0 Å². The maximum Gasteiger partial charge on any atom is -0.00979 e. The van der Waals surface area contributed by atoms with Gasteiger partial charge in [-0.25, -0.2) is 0 Å². The average Bonchev–Trinajstić information content (AvgIpc) is 2.10. The summed E-state index contributed by atoms with van der Waals surface area (Å²) in [4.78, 5) is 0. The van der Waals surface area contributed by atoms with Gasteiger partial charge in [0, 0.05) is 0 Å². The van der Waals surface area contributed by atoms with Crippen LogP contribution in [0.5, 0.6) is 0 Å². The lowest BCUT2D eigenvalue weighted by Gasteiger charge is -1.99. The van der Waals surface area contributed by atoms with E-state index in [2.05, 4.69) is 19.6 Å². The van der Waals surface area contributed by atoms with Gasteiger partial charge in [0.2, 0.25) is 0 Å². The van der Waals surface area contributed by atoms with Crippen molar-refractivity contribution in [1.82, 2.24) is 0 Å². The van der Waals surface area contributed by atoms with Crippen molar-refractivity contribution in [2.75, 3.05) is 5.75 Å². The Morgan fingerprint density at radius 1 is 0.667 bits per heavy atom. The summed E-state index contributed by atoms with van der Waals surface area (Å²) in [7, 11) is 0. The molecule has 1 radical (unpaired) electrons. The molecule has 0 amide bonds. The van der Waals surface area contributed by atoms with Crippen molar-refractivity contribution in [3.63, 3.8) is 0 Å². The molecule has 0 aromatic carbocycles. The minimum absolute atomic E-state index is 1.06. The number of thiol groups is 1. The van der Waals surface area contributed by atoms with E-state index in [1.54, 1.807) is 0 Å². The van der Waals surface area contributed by atoms with Crippen molar-refractivity contribution in [3.8, 4) is 0 Å². The predicted octanol–water partition coefficient (Wildman–Crippen LogP) is 4.26. The molecule has 0 N–H and O–H groups in total. The highest BCUT2D eigenvalue weighted by Crippen LogP contribution is 2.09. The van der Waals surface area contributed by atoms with Gasteiger partial charge >= 0.3 is 0 Å². The summed E-state index contributed by atoms with van der Waals surface area (Å²) >= 11 is 4.18. The standard InChI is InChI=1S/C11H23S/c1-2-3-4-5-6-7-8-9-10-11-12/h12H,1-11H2. The molecule has 12 heavy (non-hydrogen) atoms. The summed E-state index contributed by atoms with van der Waals surface area (Å²) in [6, 6.07) is 0. The van der Waals surface area contributed by atoms with Crippen LogP contribution in [-0.2, 0) is 0 Å². The van der Waals surface area contributed by atoms with Crippen LogP contribution in [0.2, 0.25) is 0 Å². The average molecular weight is 187 g/mol. The molecule has 0 rings (SSSR count). The normalized spacial score (nSPS) is 10.5. The third kappa shape index (κ3) is 10.3. The first kappa shape index (κ1) is 12.3. The van der Waals surface area contributed by atoms with Crippen molar-refractivity contribution in [1.29, 1.82) is 0 Å². The van der Waals surface area contributed by atoms with Gasteiger partial charge in [0.1, 0.15) is 0 Å². The van der Waals surface area contributed by atoms with Gasteiger partial charge in [0.25, 0.3) is 0 Å². The molecule has 0 heterocycles. The lowest BCUT2D eigenvalue weighted by molar-refractivity contribution is 0.578. The van der Waals surface area contributed by atoms with Crippen molar-refractivity contribution in [2.24, 2.45) is 0 Å². The molecule has 0 aliphatic carbocycles. The van der Waals surface area contributed by atoms with Gasteiger partial charge in [0.15, 0.2) is 0 Å². The van der Waals surface area contributed by atoms with Gasteiger partial charge in [-0.05, 0) is 12.2 Å². The molecule has 0 fully saturated rings. The first-order valence-corrected chi connectivity index (χ1v) is 5.95. The first-order chi connectivity index (χ1) is 5.91. The quantitative estimate of drug-likeness (QED) is 0.404. The van der Waals surface area contributed by atoms with E-state index in [1.807, 2.05) is 0 Å². The summed E-state index contributed by atoms with van der Waals surface area (Å²) < 4.78 is 0. The molecule has 0 saturated carbocycles. The third-order valence-electron chi connectivity index (χ3n) is 2.16. The Labute approximate surface area is 83.5 Å². The second kappa shape index (κ2) is 11.4. The van der Waals surface area contributed by atoms with Crippen LogP contribution >= 0.6 is 12.6 Å². The van der Waals surface area contributed by atoms with Crippen LogP contribution in [0.15, 0.2) is 0 Å². The molecular weight excluding hydrogens is 164 g/mol. The van der Waals surface area contributed by atoms with E-state index >= 15 is 0 Å². The zero-order chi connectivity index (χ0) is 9.07. The Morgan fingerprint density at radius 2 is 1.08 bits per heavy atom. The maximum absolute atomic E-state index is 4.18. The Balaban J connectivity index is 2.73. The molecule has 0 aliphatic rings. The van der Waals surface area contributed by atoms with Crippen LogP contribution in [0.1, 0.15) is 57.8 Å². The van der Waals surface area contributed by atoms with Crippen LogP contribution in [0.25, 0.3) is 0 Å². The number of rotatable bonds is 9. The molecular formula is C11H23S. The molecule has 0 aliphatic heterocycles. The third-order valence-corrected chi connectivity index (χ3v) is 2.47. The van der Waals surface area contributed by atoms with Gasteiger partial charge in [-0.15, -0.1) is 0 Å². The molecule has 0 bridgehead atoms. The lowest BCUT2D eigenvalue weighted by Crippen LogP contribution is -1.81. The maximum atomic E-state index is 4.18. The molecule has 0 saturated heterocycles. The summed E-state index contributed by atoms with van der Waals surface area (Å²) in [6.45, 7) is 3.84. The van der Waals surface area contributed by atoms with Crippen molar-refractivity contribution in [2.45, 2.75) is 57.8 Å². The van der Waals surface area contributed by atoms with Crippen LogP contribution in [0.3, 0.4) is 0 Å². The Kier molecular flexibility index (Phi) is 11.7. The molecule has 0 aromatic rings. The van der Waals surface area contributed by atoms with Crippen LogP contribution in [-0.4, -0.2) is 5.75 Å². The van der Waals surface area contributed by atoms with Crippen LogP contribution in [0, 0.1) is 6.92 Å². The SMILES string of the molecule is [CH2]CCCCCCCCCCS. The highest BCUT2D eigenvalue weighted by atomic mass is 32.1. The zero-order valence-electron chi connectivity index (χ0n) is 8.23. The van der Waals surface area contributed by atoms with E-state index in [4.69, 9.17) is 0 Å². The second-order valence-corrected chi connectivity index (χ2v) is 3.85. The second-order valence-electron chi connectivity index (χ2n) is 3.41. The summed E-state index contributed by atoms with van der Waals surface area (Å²) in [5, 5.41) is 0. The zero-order valence-corrected chi connectivity index (χ0v) is 9.12. The number of hydrogen-bond acceptors (Lipinski definition) is 1. The highest BCUT2D eigenvalue weighted by Gasteiger charge is 1.90. The summed E-state index contributed by atoms with van der Waals surface area (Å²) in [5.41, 5.74) is 0. The van der Waals surface area contributed by atoms with Gasteiger partial charge < -0.3 is 0 Å². The largest absolute Gasteiger partial charge is 0.179 e. The molecule has 0 spiro atoms. The van der Waals surface area contributed by atoms with Crippen LogP contribution < -0.4 is 0 Å². The van der Waals surface area contributed by atoms with Crippen molar-refractivity contribution in [3.05, 3.63) is 6.92 Å². The van der Waals surface area contributed by atoms with E-state index in [1.165, 1.54) is 51.4 Å². The molecule has 0 atom stereocenters. The molecule has 0 aromatic heterocycles. The number of unbranched alkanes of at least 4 members (excludes halogenated alkanes) is 8. The van der Waals surface area contributed by atoms with E-state index < -0.39 is 0 Å². The minimum atomic E-state index is 1.06. The highest BCUT2D eigenvalue weighted by molar-refractivity contribution is 7.80. The fourth-order valence-corrected chi connectivity index (χ4v) is 1.57. The Hall–Kier alpha value is 0.350. The first-order valence-electron chi connectivity index (χ1n) is 5.32. The fourth-order valence-electron chi connectivity index (χ4n) is 1.35. The summed E-state index contributed by atoms with van der Waals surface area (Å²) in [5.74, 6) is 1.06. The van der Waals surface area contributed by atoms with E-state index in [0.717, 1.165) is 12.2 Å². The monoisotopic (exact) mass is 187 g/mol. The predicted molar refractivity (Wildman–Crippen MR) is 60.8 cm³/mol. The Morgan fingerprint density at radius 3 is 1.50 bits per heavy atom. The molecule has 0 unspecified atom stereocenters. The van der Waals surface area contributed by atoms with Gasteiger partial charge in [0.05, 0.1) is 0 Å². The van der Waals surface area contributed by atoms with E-state index in [0.29, 0.717) is 0 Å². The van der Waals surface area contributed by atoms with Crippen molar-refractivity contribution < 1.29 is 0 Å². The van der Waals surface area contributed by atoms with E-state index in [9.17, 15) is 0 Å². The summed E-state index contributed by atoms with van der Waals surface area (Å²) in [6.07, 6.45) is 12.1. The van der Waals surface area contributed by atoms with E-state index in [-0.39, 0.29) is 0 Å². The van der Waals surface area contributed by atoms with Gasteiger partial charge in [-0.1, -0.05) is 58.3 Å². The number of hydrogen-bond donors (Lipinski definition) is 1. The molecule has 0 nitrogen and oxygen atoms in total. The minimum Gasteiger partial charge on any atom is -0.179 e. The molecule has 1 heteroatoms. The van der Waals surface area contributed by atoms with Crippen LogP contribution in [0.4, 0.5) is 0 Å². The lowest BCUT2D eigenvalue weighted by atomic mass is 10.1. The topological polar surface area (TPSA) is 0 Å².